The predicted octanol–water partition coefficient (Wildman–Crippen LogP) is 0.529. The van der Waals surface area contributed by atoms with Crippen LogP contribution in [-0.2, 0) is 24.2 Å². The van der Waals surface area contributed by atoms with E-state index in [-0.39, 0.29) is 18.1 Å². The molecule has 132 valence electrons. The van der Waals surface area contributed by atoms with E-state index < -0.39 is 34.4 Å². The lowest BCUT2D eigenvalue weighted by atomic mass is 10.1. The van der Waals surface area contributed by atoms with E-state index in [4.69, 9.17) is 9.47 Å². The van der Waals surface area contributed by atoms with Crippen molar-refractivity contribution in [2.75, 3.05) is 24.7 Å². The fourth-order valence-electron chi connectivity index (χ4n) is 2.37. The predicted molar refractivity (Wildman–Crippen MR) is 87.6 cm³/mol. The van der Waals surface area contributed by atoms with E-state index in [0.717, 1.165) is 11.1 Å². The SMILES string of the molecule is Cc1ccc(C)c(OCC(=O)OCC(=O)N[C@@H]2CCS(=O)(=O)C2)c1. The molecule has 0 unspecified atom stereocenters. The summed E-state index contributed by atoms with van der Waals surface area (Å²) < 4.78 is 32.8. The van der Waals surface area contributed by atoms with Gasteiger partial charge in [-0.15, -0.1) is 0 Å². The Bertz CT molecular complexity index is 728. The molecule has 7 nitrogen and oxygen atoms in total. The second-order valence-corrected chi connectivity index (χ2v) is 8.11. The lowest BCUT2D eigenvalue weighted by molar-refractivity contribution is -0.150. The van der Waals surface area contributed by atoms with E-state index in [1.165, 1.54) is 0 Å². The first-order chi connectivity index (χ1) is 11.2. The number of carbonyl (C=O) groups excluding carboxylic acids is 2. The zero-order valence-electron chi connectivity index (χ0n) is 13.7. The molecule has 1 aromatic rings. The molecular formula is C16H21NO6S. The van der Waals surface area contributed by atoms with Crippen LogP contribution in [0.15, 0.2) is 18.2 Å². The van der Waals surface area contributed by atoms with Crippen molar-refractivity contribution in [3.8, 4) is 5.75 Å². The van der Waals surface area contributed by atoms with Gasteiger partial charge in [0, 0.05) is 6.04 Å². The summed E-state index contributed by atoms with van der Waals surface area (Å²) >= 11 is 0. The quantitative estimate of drug-likeness (QED) is 0.748. The highest BCUT2D eigenvalue weighted by Crippen LogP contribution is 2.18. The summed E-state index contributed by atoms with van der Waals surface area (Å²) in [5, 5.41) is 2.54. The molecule has 1 saturated heterocycles. The van der Waals surface area contributed by atoms with Crippen LogP contribution in [0.25, 0.3) is 0 Å². The molecule has 0 aromatic heterocycles. The van der Waals surface area contributed by atoms with Crippen LogP contribution in [0.3, 0.4) is 0 Å². The van der Waals surface area contributed by atoms with Crippen LogP contribution in [0, 0.1) is 13.8 Å². The van der Waals surface area contributed by atoms with Gasteiger partial charge in [0.1, 0.15) is 5.75 Å². The third-order valence-electron chi connectivity index (χ3n) is 3.65. The first-order valence-electron chi connectivity index (χ1n) is 7.60. The standard InChI is InChI=1S/C16H21NO6S/c1-11-3-4-12(2)14(7-11)22-9-16(19)23-8-15(18)17-13-5-6-24(20,21)10-13/h3-4,7,13H,5-6,8-10H2,1-2H3,(H,17,18)/t13-/m1/s1. The second-order valence-electron chi connectivity index (χ2n) is 5.89. The number of hydrogen-bond acceptors (Lipinski definition) is 6. The largest absolute Gasteiger partial charge is 0.482 e. The Morgan fingerprint density at radius 3 is 2.67 bits per heavy atom. The van der Waals surface area contributed by atoms with Crippen molar-refractivity contribution in [1.29, 1.82) is 0 Å². The van der Waals surface area contributed by atoms with Gasteiger partial charge in [0.15, 0.2) is 23.1 Å². The van der Waals surface area contributed by atoms with E-state index >= 15 is 0 Å². The lowest BCUT2D eigenvalue weighted by Crippen LogP contribution is -2.38. The average molecular weight is 355 g/mol. The van der Waals surface area contributed by atoms with Crippen LogP contribution in [-0.4, -0.2) is 51.1 Å². The number of amides is 1. The molecule has 2 rings (SSSR count). The smallest absolute Gasteiger partial charge is 0.344 e. The molecule has 24 heavy (non-hydrogen) atoms. The van der Waals surface area contributed by atoms with Gasteiger partial charge in [-0.25, -0.2) is 13.2 Å². The fraction of sp³-hybridized carbons (Fsp3) is 0.500. The molecule has 1 aliphatic heterocycles. The minimum atomic E-state index is -3.06. The van der Waals surface area contributed by atoms with Gasteiger partial charge in [0.2, 0.25) is 0 Å². The normalized spacial score (nSPS) is 18.8. The van der Waals surface area contributed by atoms with Gasteiger partial charge in [0.25, 0.3) is 5.91 Å². The molecule has 0 spiro atoms. The third-order valence-corrected chi connectivity index (χ3v) is 5.42. The number of esters is 1. The van der Waals surface area contributed by atoms with E-state index in [1.807, 2.05) is 32.0 Å². The maximum atomic E-state index is 11.7. The highest BCUT2D eigenvalue weighted by molar-refractivity contribution is 7.91. The van der Waals surface area contributed by atoms with Crippen LogP contribution < -0.4 is 10.1 Å². The van der Waals surface area contributed by atoms with Gasteiger partial charge in [-0.05, 0) is 37.5 Å². The Labute approximate surface area is 141 Å². The van der Waals surface area contributed by atoms with Crippen molar-refractivity contribution < 1.29 is 27.5 Å². The third kappa shape index (κ3) is 5.52. The minimum absolute atomic E-state index is 0.0670. The number of carbonyl (C=O) groups is 2. The number of aryl methyl sites for hydroxylation is 2. The molecule has 1 fully saturated rings. The highest BCUT2D eigenvalue weighted by atomic mass is 32.2. The van der Waals surface area contributed by atoms with Crippen LogP contribution in [0.5, 0.6) is 5.75 Å². The van der Waals surface area contributed by atoms with Crippen molar-refractivity contribution in [2.45, 2.75) is 26.3 Å². The summed E-state index contributed by atoms with van der Waals surface area (Å²) in [6.07, 6.45) is 0.387. The summed E-state index contributed by atoms with van der Waals surface area (Å²) in [5.74, 6) is -0.584. The number of sulfone groups is 1. The van der Waals surface area contributed by atoms with Crippen molar-refractivity contribution in [1.82, 2.24) is 5.32 Å². The molecule has 1 aromatic carbocycles. The molecule has 1 atom stereocenters. The Morgan fingerprint density at radius 1 is 1.25 bits per heavy atom. The van der Waals surface area contributed by atoms with E-state index in [0.29, 0.717) is 12.2 Å². The van der Waals surface area contributed by atoms with Gasteiger partial charge in [-0.2, -0.15) is 0 Å². The Morgan fingerprint density at radius 2 is 2.00 bits per heavy atom. The molecule has 1 heterocycles. The monoisotopic (exact) mass is 355 g/mol. The Balaban J connectivity index is 1.71. The van der Waals surface area contributed by atoms with Crippen LogP contribution in [0.1, 0.15) is 17.5 Å². The Kier molecular flexibility index (Phi) is 5.82. The summed E-state index contributed by atoms with van der Waals surface area (Å²) in [6.45, 7) is 3.03. The van der Waals surface area contributed by atoms with Gasteiger partial charge >= 0.3 is 5.97 Å². The van der Waals surface area contributed by atoms with E-state index in [1.54, 1.807) is 0 Å². The van der Waals surface area contributed by atoms with Gasteiger partial charge in [-0.3, -0.25) is 4.79 Å². The molecule has 1 N–H and O–H groups in total. The summed E-state index contributed by atoms with van der Waals surface area (Å²) in [5.41, 5.74) is 1.91. The molecular weight excluding hydrogens is 334 g/mol. The number of hydrogen-bond donors (Lipinski definition) is 1. The first-order valence-corrected chi connectivity index (χ1v) is 9.43. The zero-order chi connectivity index (χ0) is 17.7. The van der Waals surface area contributed by atoms with Crippen molar-refractivity contribution in [3.05, 3.63) is 29.3 Å². The number of benzene rings is 1. The molecule has 0 radical (unpaired) electrons. The van der Waals surface area contributed by atoms with Crippen LogP contribution in [0.4, 0.5) is 0 Å². The van der Waals surface area contributed by atoms with Gasteiger partial charge in [0.05, 0.1) is 11.5 Å². The topological polar surface area (TPSA) is 98.8 Å². The van der Waals surface area contributed by atoms with Crippen LogP contribution in [0.2, 0.25) is 0 Å². The number of nitrogens with one attached hydrogen (secondary N) is 1. The summed E-state index contributed by atoms with van der Waals surface area (Å²) in [4.78, 5) is 23.3. The maximum Gasteiger partial charge on any atom is 0.344 e. The zero-order valence-corrected chi connectivity index (χ0v) is 14.5. The van der Waals surface area contributed by atoms with Crippen LogP contribution >= 0.6 is 0 Å². The second kappa shape index (κ2) is 7.65. The highest BCUT2D eigenvalue weighted by Gasteiger charge is 2.29. The molecule has 0 aliphatic carbocycles. The number of rotatable bonds is 6. The van der Waals surface area contributed by atoms with Crippen molar-refractivity contribution in [2.24, 2.45) is 0 Å². The molecule has 1 aliphatic rings. The lowest BCUT2D eigenvalue weighted by Gasteiger charge is -2.12. The van der Waals surface area contributed by atoms with E-state index in [9.17, 15) is 18.0 Å². The Hall–Kier alpha value is -2.09. The van der Waals surface area contributed by atoms with Crippen molar-refractivity contribution in [3.63, 3.8) is 0 Å². The molecule has 0 bridgehead atoms. The molecule has 1 amide bonds. The van der Waals surface area contributed by atoms with Gasteiger partial charge < -0.3 is 14.8 Å². The fourth-order valence-corrected chi connectivity index (χ4v) is 4.04. The molecule has 0 saturated carbocycles. The first kappa shape index (κ1) is 18.3. The van der Waals surface area contributed by atoms with Gasteiger partial charge in [-0.1, -0.05) is 12.1 Å². The number of ether oxygens (including phenoxy) is 2. The van der Waals surface area contributed by atoms with Crippen molar-refractivity contribution >= 4 is 21.7 Å². The maximum absolute atomic E-state index is 11.7. The molecule has 8 heteroatoms. The summed E-state index contributed by atoms with van der Waals surface area (Å²) in [6, 6.07) is 5.23. The summed E-state index contributed by atoms with van der Waals surface area (Å²) in [7, 11) is -3.06. The van der Waals surface area contributed by atoms with E-state index in [2.05, 4.69) is 5.32 Å². The average Bonchev–Trinajstić information content (AvgIpc) is 2.85. The minimum Gasteiger partial charge on any atom is -0.482 e.